The van der Waals surface area contributed by atoms with Crippen LogP contribution in [0, 0.1) is 5.92 Å². The molecule has 0 saturated heterocycles. The number of rotatable bonds is 3. The molecule has 0 amide bonds. The van der Waals surface area contributed by atoms with Crippen molar-refractivity contribution in [2.45, 2.75) is 26.2 Å². The minimum absolute atomic E-state index is 0.0651. The van der Waals surface area contributed by atoms with Gasteiger partial charge in [0.15, 0.2) is 0 Å². The van der Waals surface area contributed by atoms with Crippen LogP contribution in [0.15, 0.2) is 36.4 Å². The fourth-order valence-electron chi connectivity index (χ4n) is 2.49. The Morgan fingerprint density at radius 1 is 0.857 bits per heavy atom. The second-order valence-electron chi connectivity index (χ2n) is 5.69. The smallest absolute Gasteiger partial charge is 0.134 e. The summed E-state index contributed by atoms with van der Waals surface area (Å²) in [6.07, 6.45) is 0. The Morgan fingerprint density at radius 3 is 1.52 bits per heavy atom. The van der Waals surface area contributed by atoms with E-state index in [4.69, 9.17) is 23.2 Å². The van der Waals surface area contributed by atoms with Gasteiger partial charge >= 0.3 is 0 Å². The molecule has 0 heterocycles. The van der Waals surface area contributed by atoms with E-state index < -0.39 is 0 Å². The number of phenols is 2. The van der Waals surface area contributed by atoms with Crippen molar-refractivity contribution in [3.63, 3.8) is 0 Å². The number of hydrogen-bond acceptors (Lipinski definition) is 2. The van der Waals surface area contributed by atoms with Crippen LogP contribution in [0.5, 0.6) is 11.5 Å². The lowest BCUT2D eigenvalue weighted by atomic mass is 9.68. The molecule has 0 spiro atoms. The van der Waals surface area contributed by atoms with Crippen molar-refractivity contribution >= 4 is 23.2 Å². The molecule has 2 rings (SSSR count). The lowest BCUT2D eigenvalue weighted by molar-refractivity contribution is 0.403. The van der Waals surface area contributed by atoms with Crippen LogP contribution in [0.2, 0.25) is 10.0 Å². The first kappa shape index (κ1) is 16.0. The van der Waals surface area contributed by atoms with E-state index in [0.717, 1.165) is 11.1 Å². The Kier molecular flexibility index (Phi) is 4.40. The average molecular weight is 325 g/mol. The Bertz CT molecular complexity index is 614. The molecule has 0 saturated carbocycles. The highest BCUT2D eigenvalue weighted by Gasteiger charge is 2.33. The fraction of sp³-hybridized carbons (Fsp3) is 0.294. The minimum atomic E-state index is -0.339. The van der Waals surface area contributed by atoms with E-state index in [1.54, 1.807) is 24.3 Å². The van der Waals surface area contributed by atoms with E-state index in [1.165, 1.54) is 0 Å². The Hall–Kier alpha value is -1.38. The minimum Gasteiger partial charge on any atom is -0.506 e. The summed E-state index contributed by atoms with van der Waals surface area (Å²) in [5.74, 6) is 0.393. The maximum Gasteiger partial charge on any atom is 0.134 e. The molecule has 0 unspecified atom stereocenters. The van der Waals surface area contributed by atoms with Crippen molar-refractivity contribution in [2.24, 2.45) is 5.92 Å². The van der Waals surface area contributed by atoms with Crippen molar-refractivity contribution in [2.75, 3.05) is 0 Å². The van der Waals surface area contributed by atoms with Gasteiger partial charge in [-0.2, -0.15) is 0 Å². The Balaban J connectivity index is 2.64. The van der Waals surface area contributed by atoms with Crippen LogP contribution in [0.25, 0.3) is 0 Å². The fourth-order valence-corrected chi connectivity index (χ4v) is 2.85. The van der Waals surface area contributed by atoms with Gasteiger partial charge in [0.2, 0.25) is 0 Å². The molecule has 0 bridgehead atoms. The second kappa shape index (κ2) is 5.78. The van der Waals surface area contributed by atoms with Crippen LogP contribution in [0.3, 0.4) is 0 Å². The lowest BCUT2D eigenvalue weighted by Crippen LogP contribution is -2.30. The zero-order valence-electron chi connectivity index (χ0n) is 12.2. The molecular weight excluding hydrogens is 307 g/mol. The molecule has 0 aliphatic rings. The molecule has 0 aliphatic heterocycles. The quantitative estimate of drug-likeness (QED) is 0.797. The summed E-state index contributed by atoms with van der Waals surface area (Å²) in [6, 6.07) is 10.5. The van der Waals surface area contributed by atoms with Crippen LogP contribution in [0.1, 0.15) is 31.9 Å². The Morgan fingerprint density at radius 2 is 1.24 bits per heavy atom. The van der Waals surface area contributed by atoms with E-state index >= 15 is 0 Å². The van der Waals surface area contributed by atoms with E-state index in [2.05, 4.69) is 20.8 Å². The standard InChI is InChI=1S/C17H18Cl2O2/c1-10(2)17(3,11-4-6-15(20)13(18)8-11)12-5-7-16(21)14(19)9-12/h4-10,20-21H,1-3H3. The number of aromatic hydroxyl groups is 2. The number of hydrogen-bond donors (Lipinski definition) is 2. The SMILES string of the molecule is CC(C)C(C)(c1ccc(O)c(Cl)c1)c1ccc(O)c(Cl)c1. The first-order valence-electron chi connectivity index (χ1n) is 6.74. The van der Waals surface area contributed by atoms with Gasteiger partial charge in [0, 0.05) is 5.41 Å². The van der Waals surface area contributed by atoms with Gasteiger partial charge in [-0.25, -0.2) is 0 Å². The van der Waals surface area contributed by atoms with E-state index in [0.29, 0.717) is 10.0 Å². The van der Waals surface area contributed by atoms with Gasteiger partial charge in [-0.15, -0.1) is 0 Å². The van der Waals surface area contributed by atoms with Crippen LogP contribution in [0.4, 0.5) is 0 Å². The van der Waals surface area contributed by atoms with E-state index in [1.807, 2.05) is 12.1 Å². The van der Waals surface area contributed by atoms with Crippen molar-refractivity contribution in [1.82, 2.24) is 0 Å². The topological polar surface area (TPSA) is 40.5 Å². The molecule has 0 aromatic heterocycles. The molecule has 2 N–H and O–H groups in total. The van der Waals surface area contributed by atoms with Crippen molar-refractivity contribution in [1.29, 1.82) is 0 Å². The molecular formula is C17H18Cl2O2. The largest absolute Gasteiger partial charge is 0.506 e. The average Bonchev–Trinajstić information content (AvgIpc) is 2.43. The summed E-state index contributed by atoms with van der Waals surface area (Å²) in [5, 5.41) is 19.9. The highest BCUT2D eigenvalue weighted by atomic mass is 35.5. The molecule has 2 aromatic rings. The van der Waals surface area contributed by atoms with Gasteiger partial charge in [0.05, 0.1) is 10.0 Å². The molecule has 112 valence electrons. The third-order valence-electron chi connectivity index (χ3n) is 4.25. The number of phenolic OH excluding ortho intramolecular Hbond substituents is 2. The van der Waals surface area contributed by atoms with Crippen LogP contribution in [-0.4, -0.2) is 10.2 Å². The van der Waals surface area contributed by atoms with Gasteiger partial charge in [-0.05, 0) is 41.3 Å². The maximum absolute atomic E-state index is 9.61. The molecule has 0 aliphatic carbocycles. The monoisotopic (exact) mass is 324 g/mol. The maximum atomic E-state index is 9.61. The molecule has 0 fully saturated rings. The van der Waals surface area contributed by atoms with Gasteiger partial charge < -0.3 is 10.2 Å². The summed E-state index contributed by atoms with van der Waals surface area (Å²) < 4.78 is 0. The third-order valence-corrected chi connectivity index (χ3v) is 4.85. The molecule has 0 atom stereocenters. The summed E-state index contributed by atoms with van der Waals surface area (Å²) in [7, 11) is 0. The summed E-state index contributed by atoms with van der Waals surface area (Å²) in [6.45, 7) is 6.33. The number of halogens is 2. The predicted octanol–water partition coefficient (Wildman–Crippen LogP) is 5.37. The molecule has 4 heteroatoms. The van der Waals surface area contributed by atoms with Gasteiger partial charge in [0.25, 0.3) is 0 Å². The zero-order chi connectivity index (χ0) is 15.8. The predicted molar refractivity (Wildman–Crippen MR) is 87.5 cm³/mol. The Labute approximate surface area is 135 Å². The first-order chi connectivity index (χ1) is 9.76. The lowest BCUT2D eigenvalue weighted by Gasteiger charge is -2.35. The zero-order valence-corrected chi connectivity index (χ0v) is 13.7. The first-order valence-corrected chi connectivity index (χ1v) is 7.50. The molecule has 2 aromatic carbocycles. The second-order valence-corrected chi connectivity index (χ2v) is 6.50. The van der Waals surface area contributed by atoms with Crippen LogP contribution in [-0.2, 0) is 5.41 Å². The van der Waals surface area contributed by atoms with Crippen LogP contribution >= 0.6 is 23.2 Å². The van der Waals surface area contributed by atoms with Crippen molar-refractivity contribution in [3.05, 3.63) is 57.6 Å². The van der Waals surface area contributed by atoms with Gasteiger partial charge in [0.1, 0.15) is 11.5 Å². The van der Waals surface area contributed by atoms with E-state index in [-0.39, 0.29) is 22.8 Å². The molecule has 21 heavy (non-hydrogen) atoms. The van der Waals surface area contributed by atoms with E-state index in [9.17, 15) is 10.2 Å². The highest BCUT2D eigenvalue weighted by Crippen LogP contribution is 2.42. The van der Waals surface area contributed by atoms with Crippen molar-refractivity contribution < 1.29 is 10.2 Å². The van der Waals surface area contributed by atoms with Gasteiger partial charge in [-0.3, -0.25) is 0 Å². The molecule has 0 radical (unpaired) electrons. The third kappa shape index (κ3) is 2.83. The normalized spacial score (nSPS) is 11.9. The summed E-state index contributed by atoms with van der Waals surface area (Å²) >= 11 is 12.1. The van der Waals surface area contributed by atoms with Gasteiger partial charge in [-0.1, -0.05) is 56.1 Å². The highest BCUT2D eigenvalue weighted by molar-refractivity contribution is 6.32. The molecule has 2 nitrogen and oxygen atoms in total. The summed E-state index contributed by atoms with van der Waals surface area (Å²) in [5.41, 5.74) is 1.64. The summed E-state index contributed by atoms with van der Waals surface area (Å²) in [4.78, 5) is 0. The van der Waals surface area contributed by atoms with Crippen molar-refractivity contribution in [3.8, 4) is 11.5 Å². The number of benzene rings is 2. The van der Waals surface area contributed by atoms with Crippen LogP contribution < -0.4 is 0 Å².